The zero-order valence-electron chi connectivity index (χ0n) is 17.6. The molecule has 1 atom stereocenters. The molecule has 0 saturated carbocycles. The Labute approximate surface area is 182 Å². The Hall–Kier alpha value is -2.73. The van der Waals surface area contributed by atoms with Crippen molar-refractivity contribution in [2.75, 3.05) is 0 Å². The number of hydrogen-bond acceptors (Lipinski definition) is 3. The first-order chi connectivity index (χ1) is 14.5. The highest BCUT2D eigenvalue weighted by atomic mass is 32.1. The number of benzene rings is 2. The Morgan fingerprint density at radius 2 is 1.90 bits per heavy atom. The molecule has 0 unspecified atom stereocenters. The monoisotopic (exact) mass is 420 g/mol. The highest BCUT2D eigenvalue weighted by Crippen LogP contribution is 2.25. The molecule has 0 saturated heterocycles. The number of carbonyl (C=O) groups is 1. The molecule has 1 aromatic heterocycles. The van der Waals surface area contributed by atoms with Gasteiger partial charge in [-0.1, -0.05) is 48.0 Å². The van der Waals surface area contributed by atoms with Gasteiger partial charge in [0.05, 0.1) is 6.04 Å². The third-order valence-corrected chi connectivity index (χ3v) is 6.19. The fraction of sp³-hybridized carbons (Fsp3) is 0.375. The van der Waals surface area contributed by atoms with Gasteiger partial charge in [0.15, 0.2) is 10.6 Å². The lowest BCUT2D eigenvalue weighted by atomic mass is 9.89. The van der Waals surface area contributed by atoms with Gasteiger partial charge in [-0.3, -0.25) is 14.5 Å². The fourth-order valence-corrected chi connectivity index (χ4v) is 4.30. The maximum Gasteiger partial charge on any atom is 0.222 e. The van der Waals surface area contributed by atoms with Crippen molar-refractivity contribution in [3.63, 3.8) is 0 Å². The van der Waals surface area contributed by atoms with Crippen LogP contribution in [0, 0.1) is 11.7 Å². The molecule has 1 aliphatic rings. The van der Waals surface area contributed by atoms with Crippen LogP contribution < -0.4 is 5.32 Å². The molecule has 3 aromatic rings. The van der Waals surface area contributed by atoms with Crippen molar-refractivity contribution in [2.45, 2.75) is 58.5 Å². The number of aromatic amines is 1. The number of nitrogens with one attached hydrogen (secondary N) is 2. The Kier molecular flexibility index (Phi) is 6.13. The van der Waals surface area contributed by atoms with E-state index in [1.165, 1.54) is 41.5 Å². The van der Waals surface area contributed by atoms with E-state index >= 15 is 0 Å². The van der Waals surface area contributed by atoms with Crippen LogP contribution in [0.15, 0.2) is 42.5 Å². The summed E-state index contributed by atoms with van der Waals surface area (Å²) in [5.41, 5.74) is 6.24. The largest absolute Gasteiger partial charge is 0.350 e. The number of aromatic nitrogens is 3. The van der Waals surface area contributed by atoms with Crippen LogP contribution in [0.2, 0.25) is 0 Å². The zero-order chi connectivity index (χ0) is 21.1. The molecule has 5 nitrogen and oxygen atoms in total. The van der Waals surface area contributed by atoms with Crippen LogP contribution in [0.25, 0.3) is 11.4 Å². The standard InChI is InChI=1S/C24H28N4OS/c1-16-7-9-19(10-8-16)23-26-27-24(30)28(23)14-13-22(29)25-17(2)20-12-11-18-5-3-4-6-21(18)15-20/h7-12,15,17H,3-6,13-14H2,1-2H3,(H,25,29)(H,27,30)/t17-/m1/s1. The summed E-state index contributed by atoms with van der Waals surface area (Å²) >= 11 is 5.39. The summed E-state index contributed by atoms with van der Waals surface area (Å²) in [4.78, 5) is 12.6. The molecule has 0 radical (unpaired) electrons. The van der Waals surface area contributed by atoms with E-state index in [2.05, 4.69) is 40.6 Å². The first kappa shape index (κ1) is 20.5. The van der Waals surface area contributed by atoms with Gasteiger partial charge in [0.25, 0.3) is 0 Å². The van der Waals surface area contributed by atoms with E-state index in [4.69, 9.17) is 12.2 Å². The first-order valence-electron chi connectivity index (χ1n) is 10.6. The maximum absolute atomic E-state index is 12.6. The van der Waals surface area contributed by atoms with Gasteiger partial charge >= 0.3 is 0 Å². The van der Waals surface area contributed by atoms with Crippen molar-refractivity contribution in [3.05, 3.63) is 69.5 Å². The van der Waals surface area contributed by atoms with Crippen molar-refractivity contribution in [2.24, 2.45) is 0 Å². The summed E-state index contributed by atoms with van der Waals surface area (Å²) in [6, 6.07) is 14.8. The maximum atomic E-state index is 12.6. The molecule has 1 amide bonds. The lowest BCUT2D eigenvalue weighted by molar-refractivity contribution is -0.121. The molecule has 156 valence electrons. The van der Waals surface area contributed by atoms with E-state index in [0.717, 1.165) is 17.8 Å². The van der Waals surface area contributed by atoms with Crippen LogP contribution in [-0.4, -0.2) is 20.7 Å². The van der Waals surface area contributed by atoms with Gasteiger partial charge in [-0.25, -0.2) is 0 Å². The molecular weight excluding hydrogens is 392 g/mol. The molecule has 0 fully saturated rings. The van der Waals surface area contributed by atoms with E-state index in [-0.39, 0.29) is 11.9 Å². The number of hydrogen-bond donors (Lipinski definition) is 2. The number of nitrogens with zero attached hydrogens (tertiary/aromatic N) is 2. The minimum atomic E-state index is -0.0152. The van der Waals surface area contributed by atoms with Crippen molar-refractivity contribution in [3.8, 4) is 11.4 Å². The van der Waals surface area contributed by atoms with Crippen LogP contribution >= 0.6 is 12.2 Å². The van der Waals surface area contributed by atoms with Crippen molar-refractivity contribution in [1.82, 2.24) is 20.1 Å². The number of rotatable bonds is 6. The molecular formula is C24H28N4OS. The molecule has 6 heteroatoms. The van der Waals surface area contributed by atoms with E-state index in [0.29, 0.717) is 17.7 Å². The van der Waals surface area contributed by atoms with Gasteiger partial charge in [0.2, 0.25) is 5.91 Å². The van der Waals surface area contributed by atoms with Crippen LogP contribution in [-0.2, 0) is 24.2 Å². The molecule has 2 N–H and O–H groups in total. The minimum Gasteiger partial charge on any atom is -0.350 e. The predicted molar refractivity (Wildman–Crippen MR) is 122 cm³/mol. The normalized spacial score (nSPS) is 14.2. The van der Waals surface area contributed by atoms with Crippen molar-refractivity contribution < 1.29 is 4.79 Å². The molecule has 0 bridgehead atoms. The van der Waals surface area contributed by atoms with Gasteiger partial charge in [0.1, 0.15) is 0 Å². The smallest absolute Gasteiger partial charge is 0.222 e. The second-order valence-corrected chi connectivity index (χ2v) is 8.53. The molecule has 0 spiro atoms. The third kappa shape index (κ3) is 4.54. The number of carbonyl (C=O) groups excluding carboxylic acids is 1. The molecule has 1 aliphatic carbocycles. The molecule has 0 aliphatic heterocycles. The average Bonchev–Trinajstić information content (AvgIpc) is 3.12. The zero-order valence-corrected chi connectivity index (χ0v) is 18.4. The van der Waals surface area contributed by atoms with Gasteiger partial charge in [0, 0.05) is 18.5 Å². The summed E-state index contributed by atoms with van der Waals surface area (Å²) < 4.78 is 2.42. The highest BCUT2D eigenvalue weighted by molar-refractivity contribution is 7.71. The highest BCUT2D eigenvalue weighted by Gasteiger charge is 2.15. The van der Waals surface area contributed by atoms with E-state index < -0.39 is 0 Å². The summed E-state index contributed by atoms with van der Waals surface area (Å²) in [6.45, 7) is 4.58. The van der Waals surface area contributed by atoms with Crippen LogP contribution in [0.1, 0.15) is 54.5 Å². The second kappa shape index (κ2) is 8.96. The van der Waals surface area contributed by atoms with Crippen LogP contribution in [0.3, 0.4) is 0 Å². The quantitative estimate of drug-likeness (QED) is 0.548. The fourth-order valence-electron chi connectivity index (χ4n) is 4.08. The molecule has 2 aromatic carbocycles. The van der Waals surface area contributed by atoms with Crippen molar-refractivity contribution in [1.29, 1.82) is 0 Å². The lowest BCUT2D eigenvalue weighted by Crippen LogP contribution is -2.27. The molecule has 1 heterocycles. The van der Waals surface area contributed by atoms with Crippen molar-refractivity contribution >= 4 is 18.1 Å². The molecule has 30 heavy (non-hydrogen) atoms. The van der Waals surface area contributed by atoms with Crippen LogP contribution in [0.5, 0.6) is 0 Å². The second-order valence-electron chi connectivity index (χ2n) is 8.14. The Morgan fingerprint density at radius 1 is 1.17 bits per heavy atom. The molecule has 4 rings (SSSR count). The topological polar surface area (TPSA) is 62.7 Å². The predicted octanol–water partition coefficient (Wildman–Crippen LogP) is 5.06. The summed E-state index contributed by atoms with van der Waals surface area (Å²) in [7, 11) is 0. The lowest BCUT2D eigenvalue weighted by Gasteiger charge is -2.20. The summed E-state index contributed by atoms with van der Waals surface area (Å²) in [5, 5.41) is 10.3. The van der Waals surface area contributed by atoms with Gasteiger partial charge in [-0.15, -0.1) is 0 Å². The SMILES string of the molecule is Cc1ccc(-c2n[nH]c(=S)n2CCC(=O)N[C@H](C)c2ccc3c(c2)CCCC3)cc1. The third-order valence-electron chi connectivity index (χ3n) is 5.88. The first-order valence-corrected chi connectivity index (χ1v) is 11.1. The van der Waals surface area contributed by atoms with Crippen LogP contribution in [0.4, 0.5) is 0 Å². The van der Waals surface area contributed by atoms with E-state index in [9.17, 15) is 4.79 Å². The minimum absolute atomic E-state index is 0.0122. The Morgan fingerprint density at radius 3 is 2.67 bits per heavy atom. The summed E-state index contributed by atoms with van der Waals surface area (Å²) in [6.07, 6.45) is 5.20. The Bertz CT molecular complexity index is 1100. The number of aryl methyl sites for hydroxylation is 3. The Balaban J connectivity index is 1.40. The number of amides is 1. The number of H-pyrrole nitrogens is 1. The number of fused-ring (bicyclic) bond motifs is 1. The van der Waals surface area contributed by atoms with E-state index in [1.54, 1.807) is 0 Å². The van der Waals surface area contributed by atoms with Gasteiger partial charge < -0.3 is 5.32 Å². The summed E-state index contributed by atoms with van der Waals surface area (Å²) in [5.74, 6) is 0.772. The van der Waals surface area contributed by atoms with Gasteiger partial charge in [-0.05, 0) is 68.4 Å². The average molecular weight is 421 g/mol. The van der Waals surface area contributed by atoms with E-state index in [1.807, 2.05) is 35.8 Å². The van der Waals surface area contributed by atoms with Gasteiger partial charge in [-0.2, -0.15) is 5.10 Å².